The van der Waals surface area contributed by atoms with Crippen molar-refractivity contribution in [2.24, 2.45) is 5.41 Å². The molecule has 1 aliphatic heterocycles. The predicted molar refractivity (Wildman–Crippen MR) is 82.2 cm³/mol. The molecular formula is C14H26N2O3S. The van der Waals surface area contributed by atoms with Crippen LogP contribution in [0.3, 0.4) is 0 Å². The third-order valence-corrected chi connectivity index (χ3v) is 5.61. The number of carboxylic acid groups (broad SMARTS) is 1. The Hall–Kier alpha value is -0.910. The highest BCUT2D eigenvalue weighted by atomic mass is 32.2. The summed E-state index contributed by atoms with van der Waals surface area (Å²) in [4.78, 5) is 25.2. The van der Waals surface area contributed by atoms with Crippen molar-refractivity contribution in [2.75, 3.05) is 25.9 Å². The van der Waals surface area contributed by atoms with E-state index in [0.29, 0.717) is 38.9 Å². The molecule has 0 aromatic rings. The summed E-state index contributed by atoms with van der Waals surface area (Å²) in [6.45, 7) is 7.73. The van der Waals surface area contributed by atoms with E-state index in [1.807, 2.05) is 13.2 Å². The SMILES string of the molecule is CCC1(C(=O)O)CCN(C(=O)NCC(C)(C)SC)CC1. The number of carbonyl (C=O) groups is 2. The lowest BCUT2D eigenvalue weighted by molar-refractivity contribution is -0.151. The summed E-state index contributed by atoms with van der Waals surface area (Å²) < 4.78 is 0.0136. The molecule has 0 unspecified atom stereocenters. The van der Waals surface area contributed by atoms with Gasteiger partial charge in [0.05, 0.1) is 5.41 Å². The molecule has 0 spiro atoms. The summed E-state index contributed by atoms with van der Waals surface area (Å²) in [5.74, 6) is -0.733. The molecule has 6 heteroatoms. The molecule has 5 nitrogen and oxygen atoms in total. The summed E-state index contributed by atoms with van der Waals surface area (Å²) in [5, 5.41) is 12.3. The summed E-state index contributed by atoms with van der Waals surface area (Å²) in [6.07, 6.45) is 3.73. The predicted octanol–water partition coefficient (Wildman–Crippen LogP) is 2.41. The molecule has 0 saturated carbocycles. The van der Waals surface area contributed by atoms with Gasteiger partial charge >= 0.3 is 12.0 Å². The topological polar surface area (TPSA) is 69.6 Å². The first kappa shape index (κ1) is 17.1. The first-order chi connectivity index (χ1) is 9.26. The second-order valence-corrected chi connectivity index (χ2v) is 7.56. The Kier molecular flexibility index (Phi) is 5.74. The first-order valence-electron chi connectivity index (χ1n) is 7.08. The van der Waals surface area contributed by atoms with Crippen molar-refractivity contribution in [1.82, 2.24) is 10.2 Å². The average molecular weight is 302 g/mol. The van der Waals surface area contributed by atoms with E-state index in [2.05, 4.69) is 19.2 Å². The minimum absolute atomic E-state index is 0.0136. The van der Waals surface area contributed by atoms with Gasteiger partial charge in [0.2, 0.25) is 0 Å². The molecule has 0 radical (unpaired) electrons. The fourth-order valence-corrected chi connectivity index (χ4v) is 2.55. The van der Waals surface area contributed by atoms with Crippen LogP contribution in [0.15, 0.2) is 0 Å². The fourth-order valence-electron chi connectivity index (χ4n) is 2.33. The molecule has 2 amide bonds. The number of rotatable bonds is 5. The van der Waals surface area contributed by atoms with Gasteiger partial charge in [-0.2, -0.15) is 11.8 Å². The lowest BCUT2D eigenvalue weighted by Gasteiger charge is -2.38. The highest BCUT2D eigenvalue weighted by Gasteiger charge is 2.40. The van der Waals surface area contributed by atoms with E-state index in [4.69, 9.17) is 0 Å². The van der Waals surface area contributed by atoms with Gasteiger partial charge in [-0.25, -0.2) is 4.79 Å². The molecule has 0 atom stereocenters. The van der Waals surface area contributed by atoms with E-state index in [-0.39, 0.29) is 10.8 Å². The van der Waals surface area contributed by atoms with Crippen LogP contribution in [0.4, 0.5) is 4.79 Å². The van der Waals surface area contributed by atoms with Crippen LogP contribution < -0.4 is 5.32 Å². The quantitative estimate of drug-likeness (QED) is 0.818. The molecule has 0 aromatic heterocycles. The number of nitrogens with zero attached hydrogens (tertiary/aromatic N) is 1. The number of aliphatic carboxylic acids is 1. The first-order valence-corrected chi connectivity index (χ1v) is 8.30. The normalized spacial score (nSPS) is 18.7. The van der Waals surface area contributed by atoms with Crippen molar-refractivity contribution >= 4 is 23.8 Å². The van der Waals surface area contributed by atoms with Crippen molar-refractivity contribution in [1.29, 1.82) is 0 Å². The largest absolute Gasteiger partial charge is 0.481 e. The van der Waals surface area contributed by atoms with Gasteiger partial charge in [-0.1, -0.05) is 6.92 Å². The molecule has 1 fully saturated rings. The van der Waals surface area contributed by atoms with Crippen molar-refractivity contribution in [3.63, 3.8) is 0 Å². The van der Waals surface area contributed by atoms with Crippen LogP contribution >= 0.6 is 11.8 Å². The number of urea groups is 1. The summed E-state index contributed by atoms with van der Waals surface area (Å²) in [6, 6.07) is -0.0813. The van der Waals surface area contributed by atoms with Gasteiger partial charge in [-0.05, 0) is 39.4 Å². The summed E-state index contributed by atoms with van der Waals surface area (Å²) >= 11 is 1.71. The van der Waals surface area contributed by atoms with Gasteiger partial charge in [-0.15, -0.1) is 0 Å². The van der Waals surface area contributed by atoms with Gasteiger partial charge in [-0.3, -0.25) is 4.79 Å². The van der Waals surface area contributed by atoms with Crippen LogP contribution in [-0.4, -0.2) is 52.6 Å². The minimum atomic E-state index is -0.733. The Morgan fingerprint density at radius 3 is 2.30 bits per heavy atom. The Labute approximate surface area is 125 Å². The van der Waals surface area contributed by atoms with Crippen molar-refractivity contribution in [2.45, 2.75) is 44.8 Å². The highest BCUT2D eigenvalue weighted by molar-refractivity contribution is 7.99. The number of piperidine rings is 1. The molecule has 1 heterocycles. The minimum Gasteiger partial charge on any atom is -0.481 e. The number of amides is 2. The van der Waals surface area contributed by atoms with Gasteiger partial charge in [0, 0.05) is 24.4 Å². The van der Waals surface area contributed by atoms with E-state index in [1.165, 1.54) is 0 Å². The van der Waals surface area contributed by atoms with Crippen LogP contribution in [0.1, 0.15) is 40.0 Å². The van der Waals surface area contributed by atoms with E-state index in [1.54, 1.807) is 16.7 Å². The number of carboxylic acids is 1. The van der Waals surface area contributed by atoms with Crippen LogP contribution in [0.5, 0.6) is 0 Å². The van der Waals surface area contributed by atoms with Crippen LogP contribution in [0, 0.1) is 5.41 Å². The maximum absolute atomic E-state index is 12.1. The maximum Gasteiger partial charge on any atom is 0.317 e. The molecule has 20 heavy (non-hydrogen) atoms. The zero-order chi connectivity index (χ0) is 15.4. The number of hydrogen-bond acceptors (Lipinski definition) is 3. The van der Waals surface area contributed by atoms with Gasteiger partial charge in [0.15, 0.2) is 0 Å². The fraction of sp³-hybridized carbons (Fsp3) is 0.857. The molecule has 0 aliphatic carbocycles. The molecule has 2 N–H and O–H groups in total. The third kappa shape index (κ3) is 4.04. The average Bonchev–Trinajstić information content (AvgIpc) is 2.44. The smallest absolute Gasteiger partial charge is 0.317 e. The number of likely N-dealkylation sites (tertiary alicyclic amines) is 1. The maximum atomic E-state index is 12.1. The number of thioether (sulfide) groups is 1. The Bertz CT molecular complexity index is 363. The highest BCUT2D eigenvalue weighted by Crippen LogP contribution is 2.35. The van der Waals surface area contributed by atoms with Gasteiger partial charge in [0.25, 0.3) is 0 Å². The monoisotopic (exact) mass is 302 g/mol. The van der Waals surface area contributed by atoms with E-state index < -0.39 is 11.4 Å². The Morgan fingerprint density at radius 2 is 1.90 bits per heavy atom. The lowest BCUT2D eigenvalue weighted by atomic mass is 9.76. The molecule has 0 bridgehead atoms. The van der Waals surface area contributed by atoms with Crippen molar-refractivity contribution in [3.05, 3.63) is 0 Å². The van der Waals surface area contributed by atoms with E-state index >= 15 is 0 Å². The number of nitrogens with one attached hydrogen (secondary N) is 1. The van der Waals surface area contributed by atoms with Crippen molar-refractivity contribution in [3.8, 4) is 0 Å². The van der Waals surface area contributed by atoms with E-state index in [0.717, 1.165) is 0 Å². The second-order valence-electron chi connectivity index (χ2n) is 6.05. The van der Waals surface area contributed by atoms with Crippen LogP contribution in [0.25, 0.3) is 0 Å². The molecule has 1 aliphatic rings. The van der Waals surface area contributed by atoms with E-state index in [9.17, 15) is 14.7 Å². The number of carbonyl (C=O) groups excluding carboxylic acids is 1. The molecule has 1 saturated heterocycles. The Morgan fingerprint density at radius 1 is 1.35 bits per heavy atom. The Balaban J connectivity index is 2.49. The lowest BCUT2D eigenvalue weighted by Crippen LogP contribution is -2.51. The van der Waals surface area contributed by atoms with Gasteiger partial charge in [0.1, 0.15) is 0 Å². The molecule has 0 aromatic carbocycles. The molecule has 1 rings (SSSR count). The van der Waals surface area contributed by atoms with Crippen molar-refractivity contribution < 1.29 is 14.7 Å². The molecule has 116 valence electrons. The zero-order valence-corrected chi connectivity index (χ0v) is 13.7. The standard InChI is InChI=1S/C14H26N2O3S/c1-5-14(11(17)18)6-8-16(9-7-14)12(19)15-10-13(2,3)20-4/h5-10H2,1-4H3,(H,15,19)(H,17,18). The molecular weight excluding hydrogens is 276 g/mol. The summed E-state index contributed by atoms with van der Waals surface area (Å²) in [7, 11) is 0. The van der Waals surface area contributed by atoms with Crippen LogP contribution in [0.2, 0.25) is 0 Å². The number of hydrogen-bond donors (Lipinski definition) is 2. The second kappa shape index (κ2) is 6.70. The zero-order valence-electron chi connectivity index (χ0n) is 12.9. The van der Waals surface area contributed by atoms with Gasteiger partial charge < -0.3 is 15.3 Å². The third-order valence-electron chi connectivity index (χ3n) is 4.36. The summed E-state index contributed by atoms with van der Waals surface area (Å²) in [5.41, 5.74) is -0.644. The van der Waals surface area contributed by atoms with Crippen LogP contribution in [-0.2, 0) is 4.79 Å².